The third kappa shape index (κ3) is 3.02. The van der Waals surface area contributed by atoms with Gasteiger partial charge in [-0.1, -0.05) is 6.07 Å². The van der Waals surface area contributed by atoms with Crippen LogP contribution in [0.4, 0.5) is 5.82 Å². The van der Waals surface area contributed by atoms with E-state index in [2.05, 4.69) is 27.4 Å². The number of methoxy groups -OCH3 is 1. The van der Waals surface area contributed by atoms with E-state index < -0.39 is 0 Å². The van der Waals surface area contributed by atoms with Crippen molar-refractivity contribution in [2.45, 2.75) is 19.3 Å². The molecule has 1 aromatic heterocycles. The molecule has 1 atom stereocenters. The van der Waals surface area contributed by atoms with Gasteiger partial charge in [0.1, 0.15) is 5.75 Å². The van der Waals surface area contributed by atoms with Crippen molar-refractivity contribution in [2.24, 2.45) is 5.92 Å². The summed E-state index contributed by atoms with van der Waals surface area (Å²) in [6.45, 7) is 0. The number of hydrogen-bond donors (Lipinski definition) is 1. The quantitative estimate of drug-likeness (QED) is 0.938. The number of nitrogens with one attached hydrogen (secondary N) is 1. The largest absolute Gasteiger partial charge is 0.497 e. The lowest BCUT2D eigenvalue weighted by Crippen LogP contribution is -2.28. The van der Waals surface area contributed by atoms with Gasteiger partial charge in [0.2, 0.25) is 5.91 Å². The first-order chi connectivity index (χ1) is 10.3. The van der Waals surface area contributed by atoms with E-state index in [0.717, 1.165) is 25.0 Å². The van der Waals surface area contributed by atoms with Crippen molar-refractivity contribution in [3.63, 3.8) is 0 Å². The molecule has 0 fully saturated rings. The predicted molar refractivity (Wildman–Crippen MR) is 79.2 cm³/mol. The standard InChI is InChI=1S/C16H17N3O2/c1-21-14-5-4-11-8-13(3-2-12(11)9-14)16(20)19-15-10-17-6-7-18-15/h4-7,9-10,13H,2-3,8H2,1H3,(H,18,19,20). The minimum absolute atomic E-state index is 0.0111. The van der Waals surface area contributed by atoms with Crippen molar-refractivity contribution in [1.82, 2.24) is 9.97 Å². The summed E-state index contributed by atoms with van der Waals surface area (Å²) in [5.41, 5.74) is 2.50. The van der Waals surface area contributed by atoms with Crippen molar-refractivity contribution in [2.75, 3.05) is 12.4 Å². The lowest BCUT2D eigenvalue weighted by molar-refractivity contribution is -0.120. The number of aromatic nitrogens is 2. The molecule has 1 aromatic carbocycles. The molecule has 3 rings (SSSR count). The minimum Gasteiger partial charge on any atom is -0.497 e. The summed E-state index contributed by atoms with van der Waals surface area (Å²) in [6, 6.07) is 6.06. The Balaban J connectivity index is 1.69. The first-order valence-corrected chi connectivity index (χ1v) is 6.99. The maximum absolute atomic E-state index is 12.3. The molecule has 0 spiro atoms. The summed E-state index contributed by atoms with van der Waals surface area (Å²) in [7, 11) is 1.67. The van der Waals surface area contributed by atoms with Gasteiger partial charge in [0.15, 0.2) is 5.82 Å². The number of fused-ring (bicyclic) bond motifs is 1. The normalized spacial score (nSPS) is 16.9. The van der Waals surface area contributed by atoms with Gasteiger partial charge < -0.3 is 10.1 Å². The third-order valence-corrected chi connectivity index (χ3v) is 3.83. The molecule has 0 aliphatic heterocycles. The lowest BCUT2D eigenvalue weighted by Gasteiger charge is -2.24. The van der Waals surface area contributed by atoms with Crippen molar-refractivity contribution >= 4 is 11.7 Å². The highest BCUT2D eigenvalue weighted by Crippen LogP contribution is 2.29. The van der Waals surface area contributed by atoms with Crippen LogP contribution in [-0.2, 0) is 17.6 Å². The maximum Gasteiger partial charge on any atom is 0.229 e. The zero-order valence-electron chi connectivity index (χ0n) is 11.9. The topological polar surface area (TPSA) is 64.1 Å². The monoisotopic (exact) mass is 283 g/mol. The number of rotatable bonds is 3. The summed E-state index contributed by atoms with van der Waals surface area (Å²) < 4.78 is 5.24. The SMILES string of the molecule is COc1ccc2c(c1)CCC(C(=O)Nc1cnccn1)C2. The Morgan fingerprint density at radius 1 is 1.33 bits per heavy atom. The fourth-order valence-electron chi connectivity index (χ4n) is 2.67. The Kier molecular flexibility index (Phi) is 3.81. The third-order valence-electron chi connectivity index (χ3n) is 3.83. The van der Waals surface area contributed by atoms with Gasteiger partial charge in [-0.2, -0.15) is 0 Å². The van der Waals surface area contributed by atoms with Gasteiger partial charge in [0.25, 0.3) is 0 Å². The molecular formula is C16H17N3O2. The van der Waals surface area contributed by atoms with E-state index in [4.69, 9.17) is 4.74 Å². The molecule has 2 aromatic rings. The second-order valence-corrected chi connectivity index (χ2v) is 5.15. The summed E-state index contributed by atoms with van der Waals surface area (Å²) in [4.78, 5) is 20.3. The molecule has 0 saturated heterocycles. The second kappa shape index (κ2) is 5.91. The van der Waals surface area contributed by atoms with Crippen LogP contribution in [0, 0.1) is 5.92 Å². The average Bonchev–Trinajstić information content (AvgIpc) is 2.54. The molecule has 1 amide bonds. The van der Waals surface area contributed by atoms with E-state index in [1.807, 2.05) is 6.07 Å². The number of carbonyl (C=O) groups excluding carboxylic acids is 1. The second-order valence-electron chi connectivity index (χ2n) is 5.15. The molecule has 21 heavy (non-hydrogen) atoms. The summed E-state index contributed by atoms with van der Waals surface area (Å²) in [5, 5.41) is 2.83. The fourth-order valence-corrected chi connectivity index (χ4v) is 2.67. The van der Waals surface area contributed by atoms with Crippen LogP contribution in [0.25, 0.3) is 0 Å². The highest BCUT2D eigenvalue weighted by atomic mass is 16.5. The number of hydrogen-bond acceptors (Lipinski definition) is 4. The van der Waals surface area contributed by atoms with Crippen LogP contribution in [0.1, 0.15) is 17.5 Å². The summed E-state index contributed by atoms with van der Waals surface area (Å²) in [5.74, 6) is 1.36. The van der Waals surface area contributed by atoms with Crippen LogP contribution in [-0.4, -0.2) is 23.0 Å². The Hall–Kier alpha value is -2.43. The predicted octanol–water partition coefficient (Wildman–Crippen LogP) is 2.23. The van der Waals surface area contributed by atoms with Crippen LogP contribution in [0.2, 0.25) is 0 Å². The van der Waals surface area contributed by atoms with E-state index in [1.54, 1.807) is 25.7 Å². The van der Waals surface area contributed by atoms with Gasteiger partial charge in [-0.05, 0) is 42.5 Å². The number of carbonyl (C=O) groups is 1. The first kappa shape index (κ1) is 13.5. The first-order valence-electron chi connectivity index (χ1n) is 6.99. The molecule has 0 saturated carbocycles. The van der Waals surface area contributed by atoms with Gasteiger partial charge in [0, 0.05) is 18.3 Å². The highest BCUT2D eigenvalue weighted by molar-refractivity contribution is 5.91. The van der Waals surface area contributed by atoms with Gasteiger partial charge in [-0.15, -0.1) is 0 Å². The molecule has 5 nitrogen and oxygen atoms in total. The van der Waals surface area contributed by atoms with E-state index in [0.29, 0.717) is 5.82 Å². The Morgan fingerprint density at radius 3 is 3.00 bits per heavy atom. The van der Waals surface area contributed by atoms with Crippen LogP contribution in [0.15, 0.2) is 36.8 Å². The maximum atomic E-state index is 12.3. The molecule has 1 aliphatic rings. The molecule has 1 heterocycles. The smallest absolute Gasteiger partial charge is 0.229 e. The molecular weight excluding hydrogens is 266 g/mol. The van der Waals surface area contributed by atoms with Gasteiger partial charge in [0.05, 0.1) is 13.3 Å². The number of benzene rings is 1. The Labute approximate surface area is 123 Å². The lowest BCUT2D eigenvalue weighted by atomic mass is 9.83. The van der Waals surface area contributed by atoms with Gasteiger partial charge in [-0.25, -0.2) is 4.98 Å². The molecule has 1 aliphatic carbocycles. The minimum atomic E-state index is -0.0205. The highest BCUT2D eigenvalue weighted by Gasteiger charge is 2.25. The molecule has 1 unspecified atom stereocenters. The average molecular weight is 283 g/mol. The van der Waals surface area contributed by atoms with Gasteiger partial charge in [-0.3, -0.25) is 9.78 Å². The van der Waals surface area contributed by atoms with Crippen molar-refractivity contribution in [3.05, 3.63) is 47.9 Å². The Morgan fingerprint density at radius 2 is 2.24 bits per heavy atom. The molecule has 108 valence electrons. The Bertz CT molecular complexity index is 643. The van der Waals surface area contributed by atoms with Crippen LogP contribution >= 0.6 is 0 Å². The van der Waals surface area contributed by atoms with Crippen LogP contribution < -0.4 is 10.1 Å². The van der Waals surface area contributed by atoms with E-state index in [-0.39, 0.29) is 11.8 Å². The number of amides is 1. The van der Waals surface area contributed by atoms with E-state index in [9.17, 15) is 4.79 Å². The van der Waals surface area contributed by atoms with Crippen LogP contribution in [0.3, 0.4) is 0 Å². The van der Waals surface area contributed by atoms with Crippen molar-refractivity contribution in [1.29, 1.82) is 0 Å². The summed E-state index contributed by atoms with van der Waals surface area (Å²) in [6.07, 6.45) is 7.19. The molecule has 0 bridgehead atoms. The zero-order chi connectivity index (χ0) is 14.7. The zero-order valence-corrected chi connectivity index (χ0v) is 11.9. The number of nitrogens with zero attached hydrogens (tertiary/aromatic N) is 2. The number of ether oxygens (including phenoxy) is 1. The number of anilines is 1. The van der Waals surface area contributed by atoms with Crippen LogP contribution in [0.5, 0.6) is 5.75 Å². The summed E-state index contributed by atoms with van der Waals surface area (Å²) >= 11 is 0. The fraction of sp³-hybridized carbons (Fsp3) is 0.312. The van der Waals surface area contributed by atoms with Crippen molar-refractivity contribution < 1.29 is 9.53 Å². The van der Waals surface area contributed by atoms with E-state index >= 15 is 0 Å². The van der Waals surface area contributed by atoms with E-state index in [1.165, 1.54) is 11.1 Å². The van der Waals surface area contributed by atoms with Gasteiger partial charge >= 0.3 is 0 Å². The number of aryl methyl sites for hydroxylation is 1. The molecule has 1 N–H and O–H groups in total. The molecule has 5 heteroatoms. The van der Waals surface area contributed by atoms with Crippen molar-refractivity contribution in [3.8, 4) is 5.75 Å². The molecule has 0 radical (unpaired) electrons.